The number of benzene rings is 1. The van der Waals surface area contributed by atoms with Crippen LogP contribution >= 0.6 is 11.6 Å². The van der Waals surface area contributed by atoms with Gasteiger partial charge in [0, 0.05) is 16.8 Å². The molecule has 4 rings (SSSR count). The lowest BCUT2D eigenvalue weighted by Gasteiger charge is -2.47. The van der Waals surface area contributed by atoms with Crippen LogP contribution in [0, 0.1) is 6.92 Å². The van der Waals surface area contributed by atoms with Crippen LogP contribution in [0.1, 0.15) is 11.3 Å². The lowest BCUT2D eigenvalue weighted by molar-refractivity contribution is 0.00681. The molecule has 2 aromatic heterocycles. The molecule has 3 heterocycles. The molecule has 0 amide bonds. The van der Waals surface area contributed by atoms with Crippen LogP contribution in [-0.4, -0.2) is 37.8 Å². The minimum atomic E-state index is -0.866. The van der Waals surface area contributed by atoms with Crippen LogP contribution in [0.4, 0.5) is 5.82 Å². The third-order valence-corrected chi connectivity index (χ3v) is 4.22. The van der Waals surface area contributed by atoms with Crippen molar-refractivity contribution in [2.45, 2.75) is 12.5 Å². The zero-order valence-electron chi connectivity index (χ0n) is 11.9. The number of aromatic nitrogens is 4. The Morgan fingerprint density at radius 3 is 2.68 bits per heavy atom. The van der Waals surface area contributed by atoms with Crippen molar-refractivity contribution in [3.8, 4) is 0 Å². The Hall–Kier alpha value is -2.18. The van der Waals surface area contributed by atoms with E-state index in [0.717, 1.165) is 17.1 Å². The summed E-state index contributed by atoms with van der Waals surface area (Å²) >= 11 is 5.90. The highest BCUT2D eigenvalue weighted by molar-refractivity contribution is 6.30. The van der Waals surface area contributed by atoms with Gasteiger partial charge < -0.3 is 10.0 Å². The SMILES string of the molecule is Cc1cc(N2CC(O)(c3ccc(Cl)cc3)C2)n2ncnc2n1. The summed E-state index contributed by atoms with van der Waals surface area (Å²) in [5.74, 6) is 1.45. The number of hydrogen-bond acceptors (Lipinski definition) is 5. The highest BCUT2D eigenvalue weighted by Gasteiger charge is 2.43. The van der Waals surface area contributed by atoms with Gasteiger partial charge in [-0.3, -0.25) is 0 Å². The molecular formula is C15H14ClN5O. The zero-order valence-corrected chi connectivity index (χ0v) is 12.7. The summed E-state index contributed by atoms with van der Waals surface area (Å²) in [5.41, 5.74) is 0.875. The maximum atomic E-state index is 10.8. The number of aryl methyl sites for hydroxylation is 1. The van der Waals surface area contributed by atoms with Crippen molar-refractivity contribution in [2.24, 2.45) is 0 Å². The van der Waals surface area contributed by atoms with E-state index in [1.165, 1.54) is 6.33 Å². The summed E-state index contributed by atoms with van der Waals surface area (Å²) in [4.78, 5) is 10.5. The molecule has 0 unspecified atom stereocenters. The zero-order chi connectivity index (χ0) is 15.3. The van der Waals surface area contributed by atoms with Crippen molar-refractivity contribution in [3.63, 3.8) is 0 Å². The van der Waals surface area contributed by atoms with Gasteiger partial charge in [-0.15, -0.1) is 0 Å². The molecule has 1 aliphatic heterocycles. The van der Waals surface area contributed by atoms with Crippen LogP contribution in [0.2, 0.25) is 5.02 Å². The largest absolute Gasteiger partial charge is 0.381 e. The van der Waals surface area contributed by atoms with E-state index in [2.05, 4.69) is 20.0 Å². The lowest BCUT2D eigenvalue weighted by atomic mass is 9.86. The van der Waals surface area contributed by atoms with E-state index < -0.39 is 5.60 Å². The molecule has 22 heavy (non-hydrogen) atoms. The van der Waals surface area contributed by atoms with E-state index in [-0.39, 0.29) is 0 Å². The van der Waals surface area contributed by atoms with Gasteiger partial charge in [0.15, 0.2) is 0 Å². The normalized spacial score (nSPS) is 16.8. The third kappa shape index (κ3) is 2.03. The van der Waals surface area contributed by atoms with Gasteiger partial charge in [-0.25, -0.2) is 4.98 Å². The first-order valence-electron chi connectivity index (χ1n) is 6.96. The fourth-order valence-electron chi connectivity index (χ4n) is 2.83. The fourth-order valence-corrected chi connectivity index (χ4v) is 2.95. The van der Waals surface area contributed by atoms with Gasteiger partial charge in [0.05, 0.1) is 13.1 Å². The Labute approximate surface area is 132 Å². The second kappa shape index (κ2) is 4.66. The lowest BCUT2D eigenvalue weighted by Crippen LogP contribution is -2.60. The quantitative estimate of drug-likeness (QED) is 0.781. The molecule has 7 heteroatoms. The number of β-amino-alcohol motifs (C(OH)–C–C–N with tert-alkyl or cyclic N) is 1. The summed E-state index contributed by atoms with van der Waals surface area (Å²) < 4.78 is 1.69. The van der Waals surface area contributed by atoms with Crippen LogP contribution in [-0.2, 0) is 5.60 Å². The smallest absolute Gasteiger partial charge is 0.254 e. The minimum Gasteiger partial charge on any atom is -0.381 e. The van der Waals surface area contributed by atoms with Gasteiger partial charge in [0.25, 0.3) is 5.78 Å². The Morgan fingerprint density at radius 1 is 1.23 bits per heavy atom. The first kappa shape index (κ1) is 13.5. The van der Waals surface area contributed by atoms with Crippen molar-refractivity contribution in [1.82, 2.24) is 19.6 Å². The van der Waals surface area contributed by atoms with Crippen LogP contribution in [0.15, 0.2) is 36.7 Å². The molecule has 0 bridgehead atoms. The van der Waals surface area contributed by atoms with Crippen LogP contribution in [0.3, 0.4) is 0 Å². The number of rotatable bonds is 2. The Morgan fingerprint density at radius 2 is 1.95 bits per heavy atom. The fraction of sp³-hybridized carbons (Fsp3) is 0.267. The highest BCUT2D eigenvalue weighted by Crippen LogP contribution is 2.35. The first-order valence-corrected chi connectivity index (χ1v) is 7.34. The molecule has 3 aromatic rings. The molecule has 0 aliphatic carbocycles. The number of hydrogen-bond donors (Lipinski definition) is 1. The minimum absolute atomic E-state index is 0.493. The van der Waals surface area contributed by atoms with Crippen molar-refractivity contribution in [1.29, 1.82) is 0 Å². The predicted octanol–water partition coefficient (Wildman–Crippen LogP) is 1.79. The molecule has 1 aliphatic rings. The molecule has 1 saturated heterocycles. The summed E-state index contributed by atoms with van der Waals surface area (Å²) in [6.45, 7) is 2.91. The Balaban J connectivity index is 1.64. The maximum absolute atomic E-state index is 10.8. The summed E-state index contributed by atoms with van der Waals surface area (Å²) in [6, 6.07) is 9.27. The van der Waals surface area contributed by atoms with Crippen molar-refractivity contribution >= 4 is 23.2 Å². The van der Waals surface area contributed by atoms with E-state index in [1.807, 2.05) is 25.1 Å². The Bertz CT molecular complexity index is 839. The van der Waals surface area contributed by atoms with Crippen molar-refractivity contribution in [3.05, 3.63) is 52.9 Å². The molecule has 1 fully saturated rings. The number of anilines is 1. The average molecular weight is 316 g/mol. The van der Waals surface area contributed by atoms with Crippen LogP contribution < -0.4 is 4.90 Å². The highest BCUT2D eigenvalue weighted by atomic mass is 35.5. The molecular weight excluding hydrogens is 302 g/mol. The average Bonchev–Trinajstić information content (AvgIpc) is 2.92. The van der Waals surface area contributed by atoms with Gasteiger partial charge in [-0.2, -0.15) is 14.6 Å². The van der Waals surface area contributed by atoms with Gasteiger partial charge >= 0.3 is 0 Å². The second-order valence-corrected chi connectivity index (χ2v) is 6.06. The van der Waals surface area contributed by atoms with Gasteiger partial charge in [0.1, 0.15) is 17.7 Å². The number of nitrogens with zero attached hydrogens (tertiary/aromatic N) is 5. The van der Waals surface area contributed by atoms with E-state index in [1.54, 1.807) is 16.6 Å². The van der Waals surface area contributed by atoms with E-state index in [9.17, 15) is 5.11 Å². The summed E-state index contributed by atoms with van der Waals surface area (Å²) in [7, 11) is 0. The molecule has 112 valence electrons. The second-order valence-electron chi connectivity index (χ2n) is 5.62. The third-order valence-electron chi connectivity index (χ3n) is 3.97. The maximum Gasteiger partial charge on any atom is 0.254 e. The van der Waals surface area contributed by atoms with Crippen molar-refractivity contribution < 1.29 is 5.11 Å². The number of aliphatic hydroxyl groups is 1. The summed E-state index contributed by atoms with van der Waals surface area (Å²) in [6.07, 6.45) is 1.48. The molecule has 1 N–H and O–H groups in total. The van der Waals surface area contributed by atoms with Crippen LogP contribution in [0.5, 0.6) is 0 Å². The summed E-state index contributed by atoms with van der Waals surface area (Å²) in [5, 5.41) is 15.6. The predicted molar refractivity (Wildman–Crippen MR) is 83.1 cm³/mol. The topological polar surface area (TPSA) is 66.5 Å². The molecule has 0 saturated carbocycles. The van der Waals surface area contributed by atoms with Crippen molar-refractivity contribution in [2.75, 3.05) is 18.0 Å². The van der Waals surface area contributed by atoms with Gasteiger partial charge in [-0.1, -0.05) is 23.7 Å². The standard InChI is InChI=1S/C15H14ClN5O/c1-10-6-13(21-14(19-10)17-9-18-21)20-7-15(22,8-20)11-2-4-12(16)5-3-11/h2-6,9,22H,7-8H2,1H3. The number of halogens is 1. The molecule has 1 aromatic carbocycles. The van der Waals surface area contributed by atoms with E-state index in [0.29, 0.717) is 23.9 Å². The van der Waals surface area contributed by atoms with Gasteiger partial charge in [-0.05, 0) is 24.6 Å². The Kier molecular flexibility index (Phi) is 2.85. The van der Waals surface area contributed by atoms with Gasteiger partial charge in [0.2, 0.25) is 0 Å². The molecule has 6 nitrogen and oxygen atoms in total. The first-order chi connectivity index (χ1) is 10.5. The molecule has 0 spiro atoms. The number of fused-ring (bicyclic) bond motifs is 1. The van der Waals surface area contributed by atoms with E-state index in [4.69, 9.17) is 11.6 Å². The van der Waals surface area contributed by atoms with Crippen LogP contribution in [0.25, 0.3) is 5.78 Å². The monoisotopic (exact) mass is 315 g/mol. The molecule has 0 radical (unpaired) electrons. The molecule has 0 atom stereocenters. The van der Waals surface area contributed by atoms with E-state index >= 15 is 0 Å².